The lowest BCUT2D eigenvalue weighted by Gasteiger charge is -2.15. The van der Waals surface area contributed by atoms with Crippen molar-refractivity contribution in [1.29, 1.82) is 0 Å². The summed E-state index contributed by atoms with van der Waals surface area (Å²) in [4.78, 5) is 10.0. The summed E-state index contributed by atoms with van der Waals surface area (Å²) in [6.45, 7) is 4.97. The van der Waals surface area contributed by atoms with Crippen LogP contribution in [0.3, 0.4) is 0 Å². The minimum Gasteiger partial charge on any atom is -0.363 e. The van der Waals surface area contributed by atoms with Crippen LogP contribution < -0.4 is 0 Å². The van der Waals surface area contributed by atoms with Crippen LogP contribution in [0.1, 0.15) is 13.8 Å². The number of hydrogen-bond donors (Lipinski definition) is 0. The minimum atomic E-state index is 0.279. The molecule has 0 amide bonds. The molecule has 4 heteroatoms. The number of rotatable bonds is 5. The normalized spacial score (nSPS) is 10.0. The molecule has 0 rings (SSSR count). The maximum absolute atomic E-state index is 10.0. The van der Waals surface area contributed by atoms with Gasteiger partial charge < -0.3 is 4.74 Å². The van der Waals surface area contributed by atoms with Crippen molar-refractivity contribution in [2.45, 2.75) is 13.8 Å². The van der Waals surface area contributed by atoms with Gasteiger partial charge in [0.15, 0.2) is 0 Å². The molecule has 0 aromatic rings. The Morgan fingerprint density at radius 2 is 2.20 bits per heavy atom. The zero-order valence-corrected chi connectivity index (χ0v) is 6.70. The van der Waals surface area contributed by atoms with Crippen LogP contribution in [0, 0.1) is 10.8 Å². The molecule has 0 radical (unpaired) electrons. The predicted molar refractivity (Wildman–Crippen MR) is 39.2 cm³/mol. The SMILES string of the molecule is COCN(CC(C)C)N=O. The highest BCUT2D eigenvalue weighted by atomic mass is 16.5. The van der Waals surface area contributed by atoms with Crippen LogP contribution in [0.15, 0.2) is 5.29 Å². The second-order valence-corrected chi connectivity index (χ2v) is 2.58. The Hall–Kier alpha value is -0.640. The van der Waals surface area contributed by atoms with Gasteiger partial charge in [-0.05, 0) is 5.92 Å². The largest absolute Gasteiger partial charge is 0.363 e. The van der Waals surface area contributed by atoms with E-state index in [1.54, 1.807) is 7.11 Å². The Kier molecular flexibility index (Phi) is 4.84. The molecular weight excluding hydrogens is 132 g/mol. The Balaban J connectivity index is 3.49. The third-order valence-corrected chi connectivity index (χ3v) is 0.969. The lowest BCUT2D eigenvalue weighted by Crippen LogP contribution is -2.23. The van der Waals surface area contributed by atoms with Gasteiger partial charge >= 0.3 is 0 Å². The fourth-order valence-corrected chi connectivity index (χ4v) is 0.680. The van der Waals surface area contributed by atoms with E-state index in [1.807, 2.05) is 13.8 Å². The Bertz CT molecular complexity index is 95.7. The first-order valence-corrected chi connectivity index (χ1v) is 3.27. The van der Waals surface area contributed by atoms with Crippen LogP contribution in [0.25, 0.3) is 0 Å². The maximum Gasteiger partial charge on any atom is 0.137 e. The molecule has 0 aromatic heterocycles. The van der Waals surface area contributed by atoms with Gasteiger partial charge in [0.1, 0.15) is 6.73 Å². The van der Waals surface area contributed by atoms with Crippen molar-refractivity contribution in [3.05, 3.63) is 4.91 Å². The van der Waals surface area contributed by atoms with E-state index in [1.165, 1.54) is 5.01 Å². The third kappa shape index (κ3) is 4.26. The highest BCUT2D eigenvalue weighted by Crippen LogP contribution is 1.97. The van der Waals surface area contributed by atoms with Crippen molar-refractivity contribution in [3.63, 3.8) is 0 Å². The number of methoxy groups -OCH3 is 1. The fourth-order valence-electron chi connectivity index (χ4n) is 0.680. The number of hydrogen-bond acceptors (Lipinski definition) is 3. The van der Waals surface area contributed by atoms with E-state index < -0.39 is 0 Å². The maximum atomic E-state index is 10.0. The van der Waals surface area contributed by atoms with E-state index in [9.17, 15) is 4.91 Å². The zero-order valence-electron chi connectivity index (χ0n) is 6.70. The van der Waals surface area contributed by atoms with Gasteiger partial charge in [0.2, 0.25) is 0 Å². The molecule has 0 saturated carbocycles. The first-order valence-electron chi connectivity index (χ1n) is 3.27. The molecule has 0 aromatic carbocycles. The van der Waals surface area contributed by atoms with Gasteiger partial charge in [-0.3, -0.25) is 0 Å². The lowest BCUT2D eigenvalue weighted by atomic mass is 10.2. The molecule has 60 valence electrons. The molecular formula is C6H14N2O2. The van der Waals surface area contributed by atoms with E-state index in [-0.39, 0.29) is 6.73 Å². The van der Waals surface area contributed by atoms with Crippen LogP contribution in [0.2, 0.25) is 0 Å². The zero-order chi connectivity index (χ0) is 7.98. The van der Waals surface area contributed by atoms with Gasteiger partial charge in [-0.25, -0.2) is 5.01 Å². The molecule has 0 spiro atoms. The Morgan fingerprint density at radius 3 is 2.50 bits per heavy atom. The molecule has 0 aliphatic carbocycles. The van der Waals surface area contributed by atoms with Crippen molar-refractivity contribution in [2.75, 3.05) is 20.4 Å². The molecule has 0 heterocycles. The fraction of sp³-hybridized carbons (Fsp3) is 1.00. The van der Waals surface area contributed by atoms with Crippen LogP contribution in [0.5, 0.6) is 0 Å². The predicted octanol–water partition coefficient (Wildman–Crippen LogP) is 1.23. The average Bonchev–Trinajstić information content (AvgIpc) is 1.86. The van der Waals surface area contributed by atoms with E-state index >= 15 is 0 Å². The molecule has 0 aliphatic rings. The monoisotopic (exact) mass is 146 g/mol. The van der Waals surface area contributed by atoms with Gasteiger partial charge in [-0.15, -0.1) is 4.91 Å². The van der Waals surface area contributed by atoms with Crippen LogP contribution in [-0.4, -0.2) is 25.4 Å². The van der Waals surface area contributed by atoms with E-state index in [2.05, 4.69) is 5.29 Å². The van der Waals surface area contributed by atoms with Gasteiger partial charge in [-0.2, -0.15) is 0 Å². The summed E-state index contributed by atoms with van der Waals surface area (Å²) in [6.07, 6.45) is 0. The summed E-state index contributed by atoms with van der Waals surface area (Å²) in [7, 11) is 1.54. The second-order valence-electron chi connectivity index (χ2n) is 2.58. The van der Waals surface area contributed by atoms with Crippen molar-refractivity contribution in [3.8, 4) is 0 Å². The Labute approximate surface area is 61.1 Å². The topological polar surface area (TPSA) is 41.9 Å². The molecule has 10 heavy (non-hydrogen) atoms. The van der Waals surface area contributed by atoms with Gasteiger partial charge in [-0.1, -0.05) is 13.8 Å². The summed E-state index contributed by atoms with van der Waals surface area (Å²) in [5, 5.41) is 4.13. The van der Waals surface area contributed by atoms with E-state index in [0.717, 1.165) is 0 Å². The van der Waals surface area contributed by atoms with Crippen molar-refractivity contribution < 1.29 is 4.74 Å². The minimum absolute atomic E-state index is 0.279. The van der Waals surface area contributed by atoms with E-state index in [4.69, 9.17) is 4.74 Å². The highest BCUT2D eigenvalue weighted by molar-refractivity contribution is 4.49. The summed E-state index contributed by atoms with van der Waals surface area (Å²) in [5.74, 6) is 0.438. The molecule has 0 saturated heterocycles. The Morgan fingerprint density at radius 1 is 1.60 bits per heavy atom. The van der Waals surface area contributed by atoms with E-state index in [0.29, 0.717) is 12.5 Å². The summed E-state index contributed by atoms with van der Waals surface area (Å²) in [6, 6.07) is 0. The summed E-state index contributed by atoms with van der Waals surface area (Å²) >= 11 is 0. The summed E-state index contributed by atoms with van der Waals surface area (Å²) < 4.78 is 4.73. The first-order chi connectivity index (χ1) is 4.70. The molecule has 0 aliphatic heterocycles. The smallest absolute Gasteiger partial charge is 0.137 e. The average molecular weight is 146 g/mol. The van der Waals surface area contributed by atoms with Gasteiger partial charge in [0.05, 0.1) is 5.29 Å². The molecule has 0 N–H and O–H groups in total. The van der Waals surface area contributed by atoms with Gasteiger partial charge in [0, 0.05) is 13.7 Å². The molecule has 4 nitrogen and oxygen atoms in total. The summed E-state index contributed by atoms with van der Waals surface area (Å²) in [5.41, 5.74) is 0. The first kappa shape index (κ1) is 9.36. The van der Waals surface area contributed by atoms with Crippen LogP contribution >= 0.6 is 0 Å². The molecule has 0 bridgehead atoms. The molecule has 0 atom stereocenters. The van der Waals surface area contributed by atoms with Crippen molar-refractivity contribution >= 4 is 0 Å². The highest BCUT2D eigenvalue weighted by Gasteiger charge is 2.03. The number of nitroso groups, excluding NO2 is 1. The standard InChI is InChI=1S/C6H14N2O2/c1-6(2)4-8(7-9)5-10-3/h6H,4-5H2,1-3H3. The van der Waals surface area contributed by atoms with Crippen LogP contribution in [-0.2, 0) is 4.74 Å². The van der Waals surface area contributed by atoms with Crippen molar-refractivity contribution in [2.24, 2.45) is 11.2 Å². The molecule has 0 fully saturated rings. The number of nitrogens with zero attached hydrogens (tertiary/aromatic N) is 2. The third-order valence-electron chi connectivity index (χ3n) is 0.969. The van der Waals surface area contributed by atoms with Crippen molar-refractivity contribution in [1.82, 2.24) is 5.01 Å². The molecule has 0 unspecified atom stereocenters. The van der Waals surface area contributed by atoms with Gasteiger partial charge in [0.25, 0.3) is 0 Å². The second kappa shape index (κ2) is 5.17. The van der Waals surface area contributed by atoms with Crippen LogP contribution in [0.4, 0.5) is 0 Å². The lowest BCUT2D eigenvalue weighted by molar-refractivity contribution is 0.0562. The quantitative estimate of drug-likeness (QED) is 0.333. The number of ether oxygens (including phenoxy) is 1.